The zero-order chi connectivity index (χ0) is 24.6. The third-order valence-corrected chi connectivity index (χ3v) is 5.61. The molecule has 0 amide bonds. The Morgan fingerprint density at radius 3 is 2.06 bits per heavy atom. The maximum absolute atomic E-state index is 12.0. The summed E-state index contributed by atoms with van der Waals surface area (Å²) in [7, 11) is -9.15. The predicted octanol–water partition coefficient (Wildman–Crippen LogP) is -1.38. The van der Waals surface area contributed by atoms with Crippen LogP contribution in [-0.2, 0) is 31.6 Å². The SMILES string of the molecule is O=S(=O)(O)c1ccccc1C=Cc1cccc(Nc2ccnnn2)c1S(=O)(=O)O.O=S([O-])O.[Na+]. The van der Waals surface area contributed by atoms with Crippen LogP contribution >= 0.6 is 0 Å². The third-order valence-electron chi connectivity index (χ3n) is 3.71. The van der Waals surface area contributed by atoms with Crippen molar-refractivity contribution in [3.05, 3.63) is 65.9 Å². The van der Waals surface area contributed by atoms with Gasteiger partial charge in [-0.15, -0.1) is 10.2 Å². The van der Waals surface area contributed by atoms with Crippen LogP contribution in [0.2, 0.25) is 0 Å². The third kappa shape index (κ3) is 9.26. The molecule has 0 bridgehead atoms. The Kier molecular flexibility index (Phi) is 11.5. The van der Waals surface area contributed by atoms with E-state index in [9.17, 15) is 25.9 Å². The zero-order valence-corrected chi connectivity index (χ0v) is 21.7. The Morgan fingerprint density at radius 2 is 1.50 bits per heavy atom. The summed E-state index contributed by atoms with van der Waals surface area (Å²) in [4.78, 5) is -0.787. The van der Waals surface area contributed by atoms with E-state index in [0.717, 1.165) is 0 Å². The van der Waals surface area contributed by atoms with E-state index in [1.807, 2.05) is 0 Å². The summed E-state index contributed by atoms with van der Waals surface area (Å²) in [6.45, 7) is 0. The predicted molar refractivity (Wildman–Crippen MR) is 116 cm³/mol. The van der Waals surface area contributed by atoms with Crippen molar-refractivity contribution >= 4 is 55.3 Å². The number of hydrogen-bond donors (Lipinski definition) is 4. The van der Waals surface area contributed by atoms with E-state index in [2.05, 4.69) is 20.7 Å². The first-order valence-electron chi connectivity index (χ1n) is 8.44. The average molecular weight is 539 g/mol. The van der Waals surface area contributed by atoms with Crippen molar-refractivity contribution < 1.29 is 68.8 Å². The summed E-state index contributed by atoms with van der Waals surface area (Å²) >= 11 is -2.86. The van der Waals surface area contributed by atoms with Gasteiger partial charge in [0.15, 0.2) is 5.82 Å². The summed E-state index contributed by atoms with van der Waals surface area (Å²) in [6.07, 6.45) is 3.96. The second-order valence-corrected chi connectivity index (χ2v) is 9.08. The van der Waals surface area contributed by atoms with Crippen molar-refractivity contribution in [3.63, 3.8) is 0 Å². The van der Waals surface area contributed by atoms with Crippen molar-refractivity contribution in [1.82, 2.24) is 15.4 Å². The molecule has 0 aliphatic heterocycles. The molecule has 176 valence electrons. The summed E-state index contributed by atoms with van der Waals surface area (Å²) < 4.78 is 90.2. The van der Waals surface area contributed by atoms with Crippen LogP contribution in [0.3, 0.4) is 0 Å². The van der Waals surface area contributed by atoms with Crippen LogP contribution in [-0.4, -0.2) is 54.7 Å². The maximum atomic E-state index is 12.0. The van der Waals surface area contributed by atoms with E-state index < -0.39 is 36.5 Å². The number of hydrogen-bond acceptors (Lipinski definition) is 10. The molecule has 1 unspecified atom stereocenters. The maximum Gasteiger partial charge on any atom is 1.00 e. The molecule has 2 aromatic carbocycles. The number of anilines is 2. The molecule has 0 aliphatic rings. The summed E-state index contributed by atoms with van der Waals surface area (Å²) in [6, 6.07) is 11.4. The molecule has 3 rings (SSSR count). The largest absolute Gasteiger partial charge is 1.00 e. The van der Waals surface area contributed by atoms with Gasteiger partial charge in [0, 0.05) is 6.07 Å². The molecule has 0 aliphatic carbocycles. The first-order valence-corrected chi connectivity index (χ1v) is 12.4. The average Bonchev–Trinajstić information content (AvgIpc) is 2.71. The molecule has 0 saturated carbocycles. The first-order chi connectivity index (χ1) is 15.4. The number of nitrogens with one attached hydrogen (secondary N) is 1. The van der Waals surface area contributed by atoms with Crippen molar-refractivity contribution in [2.24, 2.45) is 0 Å². The van der Waals surface area contributed by atoms with Gasteiger partial charge >= 0.3 is 29.6 Å². The van der Waals surface area contributed by atoms with Gasteiger partial charge in [-0.25, -0.2) is 4.21 Å². The van der Waals surface area contributed by atoms with Crippen molar-refractivity contribution in [1.29, 1.82) is 0 Å². The van der Waals surface area contributed by atoms with Gasteiger partial charge in [0.2, 0.25) is 0 Å². The Labute approximate surface area is 219 Å². The van der Waals surface area contributed by atoms with Crippen molar-refractivity contribution in [2.45, 2.75) is 9.79 Å². The van der Waals surface area contributed by atoms with Crippen LogP contribution in [0.1, 0.15) is 11.1 Å². The molecule has 0 radical (unpaired) electrons. The fourth-order valence-electron chi connectivity index (χ4n) is 2.55. The Hall–Kier alpha value is -2.12. The normalized spacial score (nSPS) is 12.2. The molecule has 0 saturated heterocycles. The van der Waals surface area contributed by atoms with Gasteiger partial charge in [0.1, 0.15) is 9.79 Å². The molecule has 4 N–H and O–H groups in total. The topological polar surface area (TPSA) is 220 Å². The molecular formula is C17H15N4NaO9S3. The van der Waals surface area contributed by atoms with E-state index >= 15 is 0 Å². The van der Waals surface area contributed by atoms with E-state index in [-0.39, 0.29) is 57.1 Å². The molecule has 34 heavy (non-hydrogen) atoms. The molecule has 0 fully saturated rings. The van der Waals surface area contributed by atoms with Gasteiger partial charge in [-0.1, -0.05) is 42.5 Å². The number of nitrogens with zero attached hydrogens (tertiary/aromatic N) is 3. The van der Waals surface area contributed by atoms with Crippen molar-refractivity contribution in [3.8, 4) is 0 Å². The first kappa shape index (κ1) is 29.9. The number of benzene rings is 2. The molecule has 13 nitrogen and oxygen atoms in total. The second-order valence-electron chi connectivity index (χ2n) is 5.89. The van der Waals surface area contributed by atoms with Crippen LogP contribution in [0.15, 0.2) is 64.5 Å². The molecule has 0 spiro atoms. The molecule has 1 aromatic heterocycles. The fraction of sp³-hybridized carbons (Fsp3) is 0. The van der Waals surface area contributed by atoms with E-state index in [1.54, 1.807) is 6.07 Å². The van der Waals surface area contributed by atoms with Crippen LogP contribution in [0, 0.1) is 0 Å². The van der Waals surface area contributed by atoms with E-state index in [1.165, 1.54) is 60.8 Å². The van der Waals surface area contributed by atoms with Gasteiger partial charge in [0.25, 0.3) is 20.2 Å². The minimum absolute atomic E-state index is 0. The zero-order valence-electron chi connectivity index (χ0n) is 17.2. The van der Waals surface area contributed by atoms with Gasteiger partial charge in [-0.2, -0.15) is 16.8 Å². The standard InChI is InChI=1S/C17H14N4O6S2.Na.H2O3S/c22-28(23,24)15-7-2-1-4-12(15)8-9-13-5-3-6-14(17(13)29(25,26)27)19-16-10-11-18-21-20-16;;1-4(2)3/h1-11H,(H,18,19,20)(H,22,23,24)(H,25,26,27);;(H2,1,2,3)/q;+1;/p-1. The van der Waals surface area contributed by atoms with E-state index in [4.69, 9.17) is 13.3 Å². The summed E-state index contributed by atoms with van der Waals surface area (Å²) in [5, 5.41) is 13.4. The molecule has 17 heteroatoms. The quantitative estimate of drug-likeness (QED) is 0.123. The fourth-order valence-corrected chi connectivity index (χ4v) is 4.07. The van der Waals surface area contributed by atoms with Crippen LogP contribution in [0.5, 0.6) is 0 Å². The van der Waals surface area contributed by atoms with Crippen molar-refractivity contribution in [2.75, 3.05) is 5.32 Å². The molecule has 1 heterocycles. The molecular weight excluding hydrogens is 523 g/mol. The second kappa shape index (κ2) is 13.1. The van der Waals surface area contributed by atoms with Gasteiger partial charge in [0.05, 0.1) is 23.2 Å². The summed E-state index contributed by atoms with van der Waals surface area (Å²) in [5.74, 6) is 0.197. The van der Waals surface area contributed by atoms with Crippen LogP contribution < -0.4 is 34.9 Å². The Morgan fingerprint density at radius 1 is 0.912 bits per heavy atom. The minimum atomic E-state index is -4.67. The monoisotopic (exact) mass is 538 g/mol. The molecule has 1 atom stereocenters. The smallest absolute Gasteiger partial charge is 0.750 e. The number of rotatable bonds is 6. The molecule has 3 aromatic rings. The van der Waals surface area contributed by atoms with E-state index in [0.29, 0.717) is 0 Å². The Bertz CT molecular complexity index is 1380. The van der Waals surface area contributed by atoms with Gasteiger partial charge in [-0.05, 0) is 28.5 Å². The Balaban J connectivity index is 0.00000107. The van der Waals surface area contributed by atoms with Crippen LogP contribution in [0.4, 0.5) is 11.5 Å². The van der Waals surface area contributed by atoms with Crippen LogP contribution in [0.25, 0.3) is 12.2 Å². The number of aromatic nitrogens is 3. The van der Waals surface area contributed by atoms with Gasteiger partial charge < -0.3 is 14.4 Å². The van der Waals surface area contributed by atoms with Gasteiger partial charge in [-0.3, -0.25) is 9.11 Å². The minimum Gasteiger partial charge on any atom is -0.750 e. The summed E-state index contributed by atoms with van der Waals surface area (Å²) in [5.41, 5.74) is 0.234.